The normalized spacial score (nSPS) is 22.1. The largest absolute Gasteiger partial charge is 0.481 e. The number of alkyl halides is 2. The van der Waals surface area contributed by atoms with Gasteiger partial charge in [-0.3, -0.25) is 4.79 Å². The Morgan fingerprint density at radius 3 is 2.64 bits per heavy atom. The number of hydrogen-bond donors (Lipinski definition) is 1. The third kappa shape index (κ3) is 4.87. The van der Waals surface area contributed by atoms with Crippen LogP contribution in [0.3, 0.4) is 0 Å². The molecule has 28 heavy (non-hydrogen) atoms. The molecule has 0 spiro atoms. The maximum atomic E-state index is 14.5. The first-order chi connectivity index (χ1) is 13.3. The van der Waals surface area contributed by atoms with Crippen LogP contribution < -0.4 is 14.8 Å². The number of likely N-dealkylation sites (N-methyl/N-ethyl adjacent to an activating group) is 1. The topological polar surface area (TPSA) is 63.7 Å². The summed E-state index contributed by atoms with van der Waals surface area (Å²) >= 11 is 0. The molecule has 1 unspecified atom stereocenters. The highest BCUT2D eigenvalue weighted by atomic mass is 19.3. The molecule has 1 saturated carbocycles. The zero-order valence-electron chi connectivity index (χ0n) is 16.1. The second-order valence-electron chi connectivity index (χ2n) is 7.46. The van der Waals surface area contributed by atoms with Crippen molar-refractivity contribution in [3.8, 4) is 11.8 Å². The molecule has 1 amide bonds. The predicted octanol–water partition coefficient (Wildman–Crippen LogP) is 2.90. The quantitative estimate of drug-likeness (QED) is 0.794. The molecule has 1 aliphatic heterocycles. The highest BCUT2D eigenvalue weighted by Crippen LogP contribution is 2.35. The number of amides is 1. The number of rotatable bonds is 6. The van der Waals surface area contributed by atoms with Crippen molar-refractivity contribution < 1.29 is 27.4 Å². The summed E-state index contributed by atoms with van der Waals surface area (Å²) in [6.07, 6.45) is 0.944. The standard InChI is InChI=1S/C19H26F3N3O3/c1-25(18(26)15-4-3-9-23-15)11-12-10-14(20)17(24-16(12)27-2)28-13-5-7-19(21,22)8-6-13/h10,13,15,23H,3-9,11H2,1-2H3. The van der Waals surface area contributed by atoms with Gasteiger partial charge in [0.25, 0.3) is 5.88 Å². The van der Waals surface area contributed by atoms with Gasteiger partial charge in [0.15, 0.2) is 5.82 Å². The molecule has 1 N–H and O–H groups in total. The molecule has 3 rings (SSSR count). The monoisotopic (exact) mass is 401 g/mol. The zero-order valence-corrected chi connectivity index (χ0v) is 16.1. The molecular weight excluding hydrogens is 375 g/mol. The lowest BCUT2D eigenvalue weighted by molar-refractivity contribution is -0.132. The smallest absolute Gasteiger partial charge is 0.254 e. The minimum atomic E-state index is -2.68. The average molecular weight is 401 g/mol. The van der Waals surface area contributed by atoms with Gasteiger partial charge >= 0.3 is 0 Å². The van der Waals surface area contributed by atoms with Gasteiger partial charge in [0.2, 0.25) is 17.7 Å². The Hall–Kier alpha value is -2.03. The van der Waals surface area contributed by atoms with Gasteiger partial charge in [-0.15, -0.1) is 0 Å². The van der Waals surface area contributed by atoms with E-state index in [0.717, 1.165) is 19.4 Å². The maximum Gasteiger partial charge on any atom is 0.254 e. The van der Waals surface area contributed by atoms with E-state index >= 15 is 0 Å². The van der Waals surface area contributed by atoms with E-state index in [-0.39, 0.29) is 55.9 Å². The number of aromatic nitrogens is 1. The summed E-state index contributed by atoms with van der Waals surface area (Å²) in [7, 11) is 3.04. The van der Waals surface area contributed by atoms with E-state index < -0.39 is 17.8 Å². The molecule has 0 bridgehead atoms. The lowest BCUT2D eigenvalue weighted by atomic mass is 9.94. The van der Waals surface area contributed by atoms with Gasteiger partial charge in [0.1, 0.15) is 6.10 Å². The molecular formula is C19H26F3N3O3. The predicted molar refractivity (Wildman–Crippen MR) is 96.1 cm³/mol. The summed E-state index contributed by atoms with van der Waals surface area (Å²) in [5.41, 5.74) is 0.413. The number of methoxy groups -OCH3 is 1. The first-order valence-corrected chi connectivity index (χ1v) is 9.55. The van der Waals surface area contributed by atoms with Crippen LogP contribution in [-0.4, -0.2) is 54.6 Å². The fourth-order valence-electron chi connectivity index (χ4n) is 3.65. The van der Waals surface area contributed by atoms with Crippen LogP contribution >= 0.6 is 0 Å². The first kappa shape index (κ1) is 20.7. The molecule has 1 atom stereocenters. The van der Waals surface area contributed by atoms with Gasteiger partial charge < -0.3 is 19.7 Å². The summed E-state index contributed by atoms with van der Waals surface area (Å²) in [4.78, 5) is 18.0. The van der Waals surface area contributed by atoms with Crippen LogP contribution in [-0.2, 0) is 11.3 Å². The zero-order chi connectivity index (χ0) is 20.3. The average Bonchev–Trinajstić information content (AvgIpc) is 3.19. The number of hydrogen-bond acceptors (Lipinski definition) is 5. The molecule has 1 aromatic heterocycles. The van der Waals surface area contributed by atoms with Crippen LogP contribution in [0.5, 0.6) is 11.8 Å². The maximum absolute atomic E-state index is 14.5. The van der Waals surface area contributed by atoms with Crippen LogP contribution in [0.25, 0.3) is 0 Å². The van der Waals surface area contributed by atoms with E-state index in [1.54, 1.807) is 7.05 Å². The first-order valence-electron chi connectivity index (χ1n) is 9.55. The SMILES string of the molecule is COc1nc(OC2CCC(F)(F)CC2)c(F)cc1CN(C)C(=O)C1CCCN1. The third-order valence-electron chi connectivity index (χ3n) is 5.26. The Bertz CT molecular complexity index is 701. The third-order valence-corrected chi connectivity index (χ3v) is 5.26. The van der Waals surface area contributed by atoms with Crippen molar-refractivity contribution in [2.24, 2.45) is 0 Å². The van der Waals surface area contributed by atoms with Crippen molar-refractivity contribution in [2.75, 3.05) is 20.7 Å². The van der Waals surface area contributed by atoms with Gasteiger partial charge in [-0.25, -0.2) is 13.2 Å². The number of nitrogens with zero attached hydrogens (tertiary/aromatic N) is 2. The Morgan fingerprint density at radius 1 is 1.32 bits per heavy atom. The summed E-state index contributed by atoms with van der Waals surface area (Å²) < 4.78 is 51.8. The number of carbonyl (C=O) groups is 1. The summed E-state index contributed by atoms with van der Waals surface area (Å²) in [6.45, 7) is 0.947. The summed E-state index contributed by atoms with van der Waals surface area (Å²) in [5, 5.41) is 3.14. The molecule has 0 aromatic carbocycles. The van der Waals surface area contributed by atoms with E-state index in [4.69, 9.17) is 9.47 Å². The molecule has 1 saturated heterocycles. The number of carbonyl (C=O) groups excluding carboxylic acids is 1. The fraction of sp³-hybridized carbons (Fsp3) is 0.684. The van der Waals surface area contributed by atoms with Crippen molar-refractivity contribution in [3.05, 3.63) is 17.4 Å². The highest BCUT2D eigenvalue weighted by molar-refractivity contribution is 5.82. The number of pyridine rings is 1. The Kier molecular flexibility index (Phi) is 6.32. The second kappa shape index (κ2) is 8.55. The van der Waals surface area contributed by atoms with Crippen molar-refractivity contribution in [2.45, 2.75) is 63.1 Å². The van der Waals surface area contributed by atoms with E-state index in [1.165, 1.54) is 18.1 Å². The van der Waals surface area contributed by atoms with E-state index in [1.807, 2.05) is 0 Å². The minimum Gasteiger partial charge on any atom is -0.481 e. The van der Waals surface area contributed by atoms with E-state index in [0.29, 0.717) is 5.56 Å². The van der Waals surface area contributed by atoms with Gasteiger partial charge in [0, 0.05) is 25.5 Å². The van der Waals surface area contributed by atoms with E-state index in [2.05, 4.69) is 10.3 Å². The van der Waals surface area contributed by atoms with Crippen LogP contribution in [0.2, 0.25) is 0 Å². The van der Waals surface area contributed by atoms with Gasteiger partial charge in [-0.2, -0.15) is 4.98 Å². The fourth-order valence-corrected chi connectivity index (χ4v) is 3.65. The molecule has 1 aromatic rings. The number of ether oxygens (including phenoxy) is 2. The van der Waals surface area contributed by atoms with Crippen molar-refractivity contribution in [1.29, 1.82) is 0 Å². The number of nitrogens with one attached hydrogen (secondary N) is 1. The highest BCUT2D eigenvalue weighted by Gasteiger charge is 2.36. The molecule has 2 heterocycles. The molecule has 2 fully saturated rings. The second-order valence-corrected chi connectivity index (χ2v) is 7.46. The van der Waals surface area contributed by atoms with Crippen LogP contribution in [0, 0.1) is 5.82 Å². The Labute approximate surface area is 162 Å². The molecule has 2 aliphatic rings. The van der Waals surface area contributed by atoms with Gasteiger partial charge in [-0.05, 0) is 38.3 Å². The van der Waals surface area contributed by atoms with Crippen molar-refractivity contribution >= 4 is 5.91 Å². The summed E-state index contributed by atoms with van der Waals surface area (Å²) in [5.74, 6) is -3.56. The lowest BCUT2D eigenvalue weighted by Gasteiger charge is -2.28. The van der Waals surface area contributed by atoms with Crippen LogP contribution in [0.1, 0.15) is 44.1 Å². The van der Waals surface area contributed by atoms with E-state index in [9.17, 15) is 18.0 Å². The Morgan fingerprint density at radius 2 is 2.04 bits per heavy atom. The molecule has 9 heteroatoms. The Balaban J connectivity index is 1.68. The molecule has 6 nitrogen and oxygen atoms in total. The molecule has 0 radical (unpaired) electrons. The van der Waals surface area contributed by atoms with Crippen molar-refractivity contribution in [1.82, 2.24) is 15.2 Å². The molecule has 1 aliphatic carbocycles. The van der Waals surface area contributed by atoms with Crippen LogP contribution in [0.4, 0.5) is 13.2 Å². The minimum absolute atomic E-state index is 0.0663. The number of halogens is 3. The lowest BCUT2D eigenvalue weighted by Crippen LogP contribution is -2.41. The molecule has 156 valence electrons. The van der Waals surface area contributed by atoms with Gasteiger partial charge in [0.05, 0.1) is 19.7 Å². The van der Waals surface area contributed by atoms with Crippen LogP contribution in [0.15, 0.2) is 6.07 Å². The summed E-state index contributed by atoms with van der Waals surface area (Å²) in [6, 6.07) is 1.01. The van der Waals surface area contributed by atoms with Crippen molar-refractivity contribution in [3.63, 3.8) is 0 Å². The van der Waals surface area contributed by atoms with Gasteiger partial charge in [-0.1, -0.05) is 0 Å².